The fraction of sp³-hybridized carbons (Fsp3) is 0.600. The molecule has 82 valence electrons. The molecule has 0 unspecified atom stereocenters. The lowest BCUT2D eigenvalue weighted by molar-refractivity contribution is 0.0621. The average molecular weight is 211 g/mol. The number of oxazole rings is 1. The van der Waals surface area contributed by atoms with Crippen molar-refractivity contribution in [1.29, 1.82) is 0 Å². The highest BCUT2D eigenvalue weighted by atomic mass is 16.5. The highest BCUT2D eigenvalue weighted by Crippen LogP contribution is 2.19. The van der Waals surface area contributed by atoms with Crippen molar-refractivity contribution in [3.8, 4) is 0 Å². The zero-order valence-corrected chi connectivity index (χ0v) is 8.31. The molecule has 0 radical (unpaired) electrons. The molecule has 0 saturated carbocycles. The van der Waals surface area contributed by atoms with Crippen LogP contribution in [-0.4, -0.2) is 29.3 Å². The zero-order valence-electron chi connectivity index (χ0n) is 8.31. The van der Waals surface area contributed by atoms with Gasteiger partial charge in [0.1, 0.15) is 0 Å². The van der Waals surface area contributed by atoms with E-state index < -0.39 is 5.97 Å². The van der Waals surface area contributed by atoms with Crippen LogP contribution in [0, 0.1) is 5.92 Å². The van der Waals surface area contributed by atoms with Crippen molar-refractivity contribution in [3.05, 3.63) is 17.8 Å². The highest BCUT2D eigenvalue weighted by molar-refractivity contribution is 5.83. The summed E-state index contributed by atoms with van der Waals surface area (Å²) < 4.78 is 10.3. The molecule has 0 aromatic carbocycles. The van der Waals surface area contributed by atoms with Gasteiger partial charge in [-0.2, -0.15) is 0 Å². The summed E-state index contributed by atoms with van der Waals surface area (Å²) in [4.78, 5) is 14.5. The second-order valence-electron chi connectivity index (χ2n) is 3.68. The predicted octanol–water partition coefficient (Wildman–Crippen LogP) is 1.34. The van der Waals surface area contributed by atoms with Gasteiger partial charge in [-0.3, -0.25) is 0 Å². The topological polar surface area (TPSA) is 72.6 Å². The van der Waals surface area contributed by atoms with Crippen molar-refractivity contribution < 1.29 is 19.1 Å². The number of hydrogen-bond donors (Lipinski definition) is 1. The van der Waals surface area contributed by atoms with Crippen molar-refractivity contribution in [2.24, 2.45) is 5.92 Å². The van der Waals surface area contributed by atoms with Gasteiger partial charge in [-0.05, 0) is 18.8 Å². The standard InChI is InChI=1S/C10H13NO4/c12-10(13)8-6-11-9(15-8)5-7-1-3-14-4-2-7/h6-7H,1-5H2,(H,12,13). The third kappa shape index (κ3) is 2.56. The number of rotatable bonds is 3. The molecule has 1 aromatic heterocycles. The second kappa shape index (κ2) is 4.44. The Hall–Kier alpha value is -1.36. The summed E-state index contributed by atoms with van der Waals surface area (Å²) in [5, 5.41) is 8.65. The first-order chi connectivity index (χ1) is 7.25. The smallest absolute Gasteiger partial charge is 0.373 e. The summed E-state index contributed by atoms with van der Waals surface area (Å²) in [7, 11) is 0. The van der Waals surface area contributed by atoms with Gasteiger partial charge in [-0.15, -0.1) is 0 Å². The normalized spacial score (nSPS) is 17.9. The maximum atomic E-state index is 10.6. The molecule has 1 saturated heterocycles. The third-order valence-electron chi connectivity index (χ3n) is 2.57. The van der Waals surface area contributed by atoms with Crippen LogP contribution in [0.5, 0.6) is 0 Å². The number of nitrogens with zero attached hydrogens (tertiary/aromatic N) is 1. The summed E-state index contributed by atoms with van der Waals surface area (Å²) >= 11 is 0. The molecular weight excluding hydrogens is 198 g/mol. The summed E-state index contributed by atoms with van der Waals surface area (Å²) in [5.74, 6) is -0.142. The van der Waals surface area contributed by atoms with Crippen LogP contribution in [0.2, 0.25) is 0 Å². The van der Waals surface area contributed by atoms with Gasteiger partial charge >= 0.3 is 5.97 Å². The van der Waals surface area contributed by atoms with E-state index in [-0.39, 0.29) is 5.76 Å². The number of carboxylic acid groups (broad SMARTS) is 1. The number of aromatic carboxylic acids is 1. The summed E-state index contributed by atoms with van der Waals surface area (Å²) in [6, 6.07) is 0. The lowest BCUT2D eigenvalue weighted by atomic mass is 9.97. The van der Waals surface area contributed by atoms with Crippen LogP contribution < -0.4 is 0 Å². The highest BCUT2D eigenvalue weighted by Gasteiger charge is 2.18. The van der Waals surface area contributed by atoms with E-state index in [4.69, 9.17) is 14.3 Å². The molecule has 0 spiro atoms. The van der Waals surface area contributed by atoms with E-state index in [1.165, 1.54) is 6.20 Å². The van der Waals surface area contributed by atoms with Gasteiger partial charge in [-0.25, -0.2) is 9.78 Å². The molecule has 0 amide bonds. The van der Waals surface area contributed by atoms with Gasteiger partial charge in [0, 0.05) is 19.6 Å². The first-order valence-corrected chi connectivity index (χ1v) is 5.01. The number of carboxylic acids is 1. The Morgan fingerprint density at radius 3 is 2.87 bits per heavy atom. The van der Waals surface area contributed by atoms with E-state index >= 15 is 0 Å². The number of hydrogen-bond acceptors (Lipinski definition) is 4. The van der Waals surface area contributed by atoms with Crippen LogP contribution >= 0.6 is 0 Å². The van der Waals surface area contributed by atoms with Crippen LogP contribution in [-0.2, 0) is 11.2 Å². The SMILES string of the molecule is O=C(O)c1cnc(CC2CCOCC2)o1. The fourth-order valence-corrected chi connectivity index (χ4v) is 1.70. The molecule has 1 fully saturated rings. The van der Waals surface area contributed by atoms with Gasteiger partial charge in [0.15, 0.2) is 5.89 Å². The Morgan fingerprint density at radius 2 is 2.27 bits per heavy atom. The predicted molar refractivity (Wildman–Crippen MR) is 50.7 cm³/mol. The monoisotopic (exact) mass is 211 g/mol. The van der Waals surface area contributed by atoms with Gasteiger partial charge < -0.3 is 14.3 Å². The lowest BCUT2D eigenvalue weighted by Gasteiger charge is -2.20. The van der Waals surface area contributed by atoms with Crippen molar-refractivity contribution >= 4 is 5.97 Å². The fourth-order valence-electron chi connectivity index (χ4n) is 1.70. The van der Waals surface area contributed by atoms with Crippen LogP contribution in [0.3, 0.4) is 0 Å². The Labute approximate surface area is 87.1 Å². The lowest BCUT2D eigenvalue weighted by Crippen LogP contribution is -2.17. The van der Waals surface area contributed by atoms with Gasteiger partial charge in [-0.1, -0.05) is 0 Å². The molecule has 2 rings (SSSR count). The molecule has 5 heteroatoms. The summed E-state index contributed by atoms with van der Waals surface area (Å²) in [6.45, 7) is 1.55. The molecule has 0 aliphatic carbocycles. The molecule has 1 aromatic rings. The average Bonchev–Trinajstić information content (AvgIpc) is 2.68. The van der Waals surface area contributed by atoms with E-state index in [0.717, 1.165) is 26.1 Å². The molecule has 1 aliphatic heterocycles. The van der Waals surface area contributed by atoms with Gasteiger partial charge in [0.25, 0.3) is 0 Å². The molecule has 1 aliphatic rings. The number of carbonyl (C=O) groups is 1. The van der Waals surface area contributed by atoms with E-state index in [1.807, 2.05) is 0 Å². The van der Waals surface area contributed by atoms with Crippen LogP contribution in [0.4, 0.5) is 0 Å². The Morgan fingerprint density at radius 1 is 1.53 bits per heavy atom. The van der Waals surface area contributed by atoms with E-state index in [9.17, 15) is 4.79 Å². The Balaban J connectivity index is 1.94. The van der Waals surface area contributed by atoms with Crippen molar-refractivity contribution in [3.63, 3.8) is 0 Å². The van der Waals surface area contributed by atoms with E-state index in [1.54, 1.807) is 0 Å². The Kier molecular flexibility index (Phi) is 3.01. The number of aromatic nitrogens is 1. The first-order valence-electron chi connectivity index (χ1n) is 5.01. The van der Waals surface area contributed by atoms with E-state index in [0.29, 0.717) is 18.2 Å². The minimum Gasteiger partial charge on any atom is -0.475 e. The van der Waals surface area contributed by atoms with E-state index in [2.05, 4.69) is 4.98 Å². The minimum atomic E-state index is -1.07. The molecule has 15 heavy (non-hydrogen) atoms. The second-order valence-corrected chi connectivity index (χ2v) is 3.68. The first kappa shape index (κ1) is 10.2. The molecule has 5 nitrogen and oxygen atoms in total. The largest absolute Gasteiger partial charge is 0.475 e. The van der Waals surface area contributed by atoms with Gasteiger partial charge in [0.2, 0.25) is 5.76 Å². The Bertz CT molecular complexity index is 341. The van der Waals surface area contributed by atoms with Gasteiger partial charge in [0.05, 0.1) is 6.20 Å². The van der Waals surface area contributed by atoms with Crippen molar-refractivity contribution in [1.82, 2.24) is 4.98 Å². The molecule has 2 heterocycles. The number of ether oxygens (including phenoxy) is 1. The quantitative estimate of drug-likeness (QED) is 0.816. The zero-order chi connectivity index (χ0) is 10.7. The van der Waals surface area contributed by atoms with Crippen LogP contribution in [0.1, 0.15) is 29.3 Å². The maximum absolute atomic E-state index is 10.6. The summed E-state index contributed by atoms with van der Waals surface area (Å²) in [6.07, 6.45) is 3.95. The van der Waals surface area contributed by atoms with Crippen molar-refractivity contribution in [2.75, 3.05) is 13.2 Å². The third-order valence-corrected chi connectivity index (χ3v) is 2.57. The summed E-state index contributed by atoms with van der Waals surface area (Å²) in [5.41, 5.74) is 0. The molecular formula is C10H13NO4. The minimum absolute atomic E-state index is 0.0861. The maximum Gasteiger partial charge on any atom is 0.373 e. The molecule has 1 N–H and O–H groups in total. The molecule has 0 bridgehead atoms. The molecule has 0 atom stereocenters. The van der Waals surface area contributed by atoms with Crippen molar-refractivity contribution in [2.45, 2.75) is 19.3 Å². The van der Waals surface area contributed by atoms with Crippen LogP contribution in [0.25, 0.3) is 0 Å². The van der Waals surface area contributed by atoms with Crippen LogP contribution in [0.15, 0.2) is 10.6 Å².